The third-order valence-electron chi connectivity index (χ3n) is 2.90. The SMILES string of the molecule is CCCCCC[C@@H](C)NC(=O)c1ccccc1. The van der Waals surface area contributed by atoms with Crippen LogP contribution in [-0.4, -0.2) is 11.9 Å². The summed E-state index contributed by atoms with van der Waals surface area (Å²) in [7, 11) is 0. The third-order valence-corrected chi connectivity index (χ3v) is 2.90. The Morgan fingerprint density at radius 2 is 1.88 bits per heavy atom. The van der Waals surface area contributed by atoms with E-state index in [1.54, 1.807) is 0 Å². The van der Waals surface area contributed by atoms with Gasteiger partial charge in [-0.2, -0.15) is 0 Å². The van der Waals surface area contributed by atoms with Crippen LogP contribution in [-0.2, 0) is 0 Å². The molecule has 0 fully saturated rings. The molecule has 1 aromatic carbocycles. The molecule has 0 heterocycles. The normalized spacial score (nSPS) is 12.1. The number of hydrogen-bond acceptors (Lipinski definition) is 1. The van der Waals surface area contributed by atoms with E-state index in [0.29, 0.717) is 0 Å². The summed E-state index contributed by atoms with van der Waals surface area (Å²) in [5.41, 5.74) is 0.743. The molecule has 94 valence electrons. The average Bonchev–Trinajstić information content (AvgIpc) is 2.36. The van der Waals surface area contributed by atoms with Crippen molar-refractivity contribution < 1.29 is 4.79 Å². The first-order chi connectivity index (χ1) is 8.24. The molecule has 0 aliphatic rings. The second-order valence-electron chi connectivity index (χ2n) is 4.59. The minimum absolute atomic E-state index is 0.0357. The third kappa shape index (κ3) is 5.53. The van der Waals surface area contributed by atoms with E-state index >= 15 is 0 Å². The lowest BCUT2D eigenvalue weighted by molar-refractivity contribution is 0.0938. The van der Waals surface area contributed by atoms with Crippen molar-refractivity contribution in [1.29, 1.82) is 0 Å². The lowest BCUT2D eigenvalue weighted by atomic mass is 10.1. The Morgan fingerprint density at radius 3 is 2.53 bits per heavy atom. The molecule has 1 amide bonds. The number of rotatable bonds is 7. The summed E-state index contributed by atoms with van der Waals surface area (Å²) in [5, 5.41) is 3.03. The molecule has 0 bridgehead atoms. The average molecular weight is 233 g/mol. The summed E-state index contributed by atoms with van der Waals surface area (Å²) in [4.78, 5) is 11.8. The van der Waals surface area contributed by atoms with Gasteiger partial charge >= 0.3 is 0 Å². The molecular weight excluding hydrogens is 210 g/mol. The van der Waals surface area contributed by atoms with Crippen molar-refractivity contribution in [1.82, 2.24) is 5.32 Å². The van der Waals surface area contributed by atoms with Gasteiger partial charge in [0.25, 0.3) is 5.91 Å². The highest BCUT2D eigenvalue weighted by molar-refractivity contribution is 5.94. The van der Waals surface area contributed by atoms with Crippen LogP contribution < -0.4 is 5.32 Å². The molecular formula is C15H23NO. The van der Waals surface area contributed by atoms with Crippen molar-refractivity contribution in [3.05, 3.63) is 35.9 Å². The molecule has 0 spiro atoms. The Bertz CT molecular complexity index is 321. The number of amides is 1. The quantitative estimate of drug-likeness (QED) is 0.713. The van der Waals surface area contributed by atoms with Crippen LogP contribution in [0.5, 0.6) is 0 Å². The number of carbonyl (C=O) groups excluding carboxylic acids is 1. The lowest BCUT2D eigenvalue weighted by Crippen LogP contribution is -2.32. The fourth-order valence-corrected chi connectivity index (χ4v) is 1.85. The van der Waals surface area contributed by atoms with Crippen molar-refractivity contribution in [3.63, 3.8) is 0 Å². The fraction of sp³-hybridized carbons (Fsp3) is 0.533. The monoisotopic (exact) mass is 233 g/mol. The van der Waals surface area contributed by atoms with Gasteiger partial charge < -0.3 is 5.32 Å². The largest absolute Gasteiger partial charge is 0.350 e. The zero-order valence-corrected chi connectivity index (χ0v) is 10.9. The number of unbranched alkanes of at least 4 members (excludes halogenated alkanes) is 3. The molecule has 2 nitrogen and oxygen atoms in total. The highest BCUT2D eigenvalue weighted by Gasteiger charge is 2.08. The molecule has 1 atom stereocenters. The van der Waals surface area contributed by atoms with Gasteiger partial charge in [-0.1, -0.05) is 50.8 Å². The number of benzene rings is 1. The van der Waals surface area contributed by atoms with Crippen LogP contribution in [0.3, 0.4) is 0 Å². The van der Waals surface area contributed by atoms with Gasteiger partial charge in [0, 0.05) is 11.6 Å². The maximum atomic E-state index is 11.8. The molecule has 1 N–H and O–H groups in total. The second kappa shape index (κ2) is 7.88. The summed E-state index contributed by atoms with van der Waals surface area (Å²) >= 11 is 0. The van der Waals surface area contributed by atoms with Gasteiger partial charge in [-0.25, -0.2) is 0 Å². The predicted molar refractivity (Wildman–Crippen MR) is 72.1 cm³/mol. The summed E-state index contributed by atoms with van der Waals surface area (Å²) < 4.78 is 0. The molecule has 0 saturated carbocycles. The first-order valence-corrected chi connectivity index (χ1v) is 6.60. The summed E-state index contributed by atoms with van der Waals surface area (Å²) in [6.07, 6.45) is 6.08. The maximum absolute atomic E-state index is 11.8. The van der Waals surface area contributed by atoms with Crippen molar-refractivity contribution in [2.24, 2.45) is 0 Å². The van der Waals surface area contributed by atoms with Crippen LogP contribution in [0.1, 0.15) is 56.3 Å². The summed E-state index contributed by atoms with van der Waals surface area (Å²) in [5.74, 6) is 0.0357. The van der Waals surface area contributed by atoms with Gasteiger partial charge in [0.05, 0.1) is 0 Å². The second-order valence-corrected chi connectivity index (χ2v) is 4.59. The van der Waals surface area contributed by atoms with Gasteiger partial charge in [0.1, 0.15) is 0 Å². The van der Waals surface area contributed by atoms with Gasteiger partial charge in [-0.05, 0) is 25.5 Å². The molecule has 0 radical (unpaired) electrons. The van der Waals surface area contributed by atoms with Gasteiger partial charge in [-0.15, -0.1) is 0 Å². The highest BCUT2D eigenvalue weighted by Crippen LogP contribution is 2.06. The molecule has 0 unspecified atom stereocenters. The van der Waals surface area contributed by atoms with Crippen molar-refractivity contribution >= 4 is 5.91 Å². The topological polar surface area (TPSA) is 29.1 Å². The van der Waals surface area contributed by atoms with Crippen molar-refractivity contribution in [3.8, 4) is 0 Å². The maximum Gasteiger partial charge on any atom is 0.251 e. The Balaban J connectivity index is 2.26. The van der Waals surface area contributed by atoms with Gasteiger partial charge in [0.15, 0.2) is 0 Å². The van der Waals surface area contributed by atoms with Crippen LogP contribution in [0.4, 0.5) is 0 Å². The van der Waals surface area contributed by atoms with E-state index in [9.17, 15) is 4.79 Å². The molecule has 0 aromatic heterocycles. The Hall–Kier alpha value is -1.31. The van der Waals surface area contributed by atoms with E-state index in [-0.39, 0.29) is 11.9 Å². The van der Waals surface area contributed by atoms with Crippen molar-refractivity contribution in [2.45, 2.75) is 52.0 Å². The van der Waals surface area contributed by atoms with Crippen LogP contribution in [0.25, 0.3) is 0 Å². The summed E-state index contributed by atoms with van der Waals surface area (Å²) in [6.45, 7) is 4.29. The molecule has 0 aliphatic heterocycles. The van der Waals surface area contributed by atoms with Crippen LogP contribution in [0.2, 0.25) is 0 Å². The number of hydrogen-bond donors (Lipinski definition) is 1. The molecule has 2 heteroatoms. The molecule has 0 saturated heterocycles. The van der Waals surface area contributed by atoms with Gasteiger partial charge in [-0.3, -0.25) is 4.79 Å². The lowest BCUT2D eigenvalue weighted by Gasteiger charge is -2.13. The standard InChI is InChI=1S/C15H23NO/c1-3-4-5-7-10-13(2)16-15(17)14-11-8-6-9-12-14/h6,8-9,11-13H,3-5,7,10H2,1-2H3,(H,16,17)/t13-/m1/s1. The molecule has 1 aromatic rings. The minimum atomic E-state index is 0.0357. The van der Waals surface area contributed by atoms with Crippen LogP contribution in [0, 0.1) is 0 Å². The van der Waals surface area contributed by atoms with Gasteiger partial charge in [0.2, 0.25) is 0 Å². The van der Waals surface area contributed by atoms with E-state index in [1.807, 2.05) is 30.3 Å². The Kier molecular flexibility index (Phi) is 6.38. The number of nitrogens with one attached hydrogen (secondary N) is 1. The highest BCUT2D eigenvalue weighted by atomic mass is 16.1. The van der Waals surface area contributed by atoms with E-state index in [0.717, 1.165) is 12.0 Å². The zero-order chi connectivity index (χ0) is 12.5. The minimum Gasteiger partial charge on any atom is -0.350 e. The smallest absolute Gasteiger partial charge is 0.251 e. The first kappa shape index (κ1) is 13.8. The zero-order valence-electron chi connectivity index (χ0n) is 10.9. The van der Waals surface area contributed by atoms with Crippen molar-refractivity contribution in [2.75, 3.05) is 0 Å². The molecule has 0 aliphatic carbocycles. The fourth-order valence-electron chi connectivity index (χ4n) is 1.85. The van der Waals surface area contributed by atoms with E-state index in [1.165, 1.54) is 25.7 Å². The Labute approximate surface area is 104 Å². The van der Waals surface area contributed by atoms with E-state index in [4.69, 9.17) is 0 Å². The molecule has 1 rings (SSSR count). The Morgan fingerprint density at radius 1 is 1.18 bits per heavy atom. The first-order valence-electron chi connectivity index (χ1n) is 6.60. The van der Waals surface area contributed by atoms with Crippen LogP contribution >= 0.6 is 0 Å². The summed E-state index contributed by atoms with van der Waals surface area (Å²) in [6, 6.07) is 9.66. The molecule has 17 heavy (non-hydrogen) atoms. The number of carbonyl (C=O) groups is 1. The predicted octanol–water partition coefficient (Wildman–Crippen LogP) is 3.78. The van der Waals surface area contributed by atoms with E-state index < -0.39 is 0 Å². The van der Waals surface area contributed by atoms with Crippen LogP contribution in [0.15, 0.2) is 30.3 Å². The van der Waals surface area contributed by atoms with E-state index in [2.05, 4.69) is 19.2 Å².